The van der Waals surface area contributed by atoms with E-state index in [0.717, 1.165) is 12.5 Å². The molecule has 0 aliphatic rings. The molecule has 0 aliphatic carbocycles. The van der Waals surface area contributed by atoms with Gasteiger partial charge in [0.05, 0.1) is 0 Å². The number of nitrogens with zero attached hydrogens (tertiary/aromatic N) is 1. The predicted octanol–water partition coefficient (Wildman–Crippen LogP) is 2.74. The Morgan fingerprint density at radius 2 is 1.80 bits per heavy atom. The highest BCUT2D eigenvalue weighted by atomic mass is 15.1. The quantitative estimate of drug-likeness (QED) is 0.635. The van der Waals surface area contributed by atoms with Gasteiger partial charge in [-0.05, 0) is 18.9 Å². The van der Waals surface area contributed by atoms with Crippen LogP contribution in [0.1, 0.15) is 47.5 Å². The Morgan fingerprint density at radius 1 is 1.13 bits per heavy atom. The van der Waals surface area contributed by atoms with Gasteiger partial charge in [0, 0.05) is 25.7 Å². The molecule has 0 amide bonds. The molecular formula is C13H30N2. The van der Waals surface area contributed by atoms with Gasteiger partial charge in [0.15, 0.2) is 0 Å². The molecule has 1 atom stereocenters. The zero-order valence-corrected chi connectivity index (χ0v) is 11.3. The third kappa shape index (κ3) is 8.88. The molecule has 15 heavy (non-hydrogen) atoms. The molecule has 0 aliphatic heterocycles. The second-order valence-electron chi connectivity index (χ2n) is 4.90. The van der Waals surface area contributed by atoms with E-state index in [2.05, 4.69) is 44.8 Å². The first-order chi connectivity index (χ1) is 7.10. The fourth-order valence-corrected chi connectivity index (χ4v) is 1.91. The lowest BCUT2D eigenvalue weighted by Gasteiger charge is -2.24. The zero-order valence-electron chi connectivity index (χ0n) is 11.3. The molecule has 2 heteroatoms. The molecule has 0 fully saturated rings. The van der Waals surface area contributed by atoms with Gasteiger partial charge in [0.2, 0.25) is 0 Å². The second-order valence-corrected chi connectivity index (χ2v) is 4.90. The summed E-state index contributed by atoms with van der Waals surface area (Å²) in [6.07, 6.45) is 2.66. The lowest BCUT2D eigenvalue weighted by Crippen LogP contribution is -2.37. The molecule has 0 aromatic carbocycles. The number of hydrogen-bond donors (Lipinski definition) is 1. The standard InChI is InChI=1S/C13H30N2/c1-6-8-13(5)11-15(7-2)10-9-14-12(3)4/h12-14H,6-11H2,1-5H3. The van der Waals surface area contributed by atoms with Crippen molar-refractivity contribution in [3.63, 3.8) is 0 Å². The van der Waals surface area contributed by atoms with Gasteiger partial charge in [0.1, 0.15) is 0 Å². The molecule has 0 heterocycles. The Hall–Kier alpha value is -0.0800. The van der Waals surface area contributed by atoms with Crippen LogP contribution in [0, 0.1) is 5.92 Å². The van der Waals surface area contributed by atoms with Crippen molar-refractivity contribution in [1.29, 1.82) is 0 Å². The first-order valence-corrected chi connectivity index (χ1v) is 6.55. The van der Waals surface area contributed by atoms with E-state index < -0.39 is 0 Å². The molecule has 0 saturated heterocycles. The Bertz CT molecular complexity index is 134. The maximum Gasteiger partial charge on any atom is 0.0107 e. The lowest BCUT2D eigenvalue weighted by molar-refractivity contribution is 0.240. The van der Waals surface area contributed by atoms with Crippen LogP contribution in [0.4, 0.5) is 0 Å². The minimum absolute atomic E-state index is 0.608. The van der Waals surface area contributed by atoms with Crippen LogP contribution in [0.2, 0.25) is 0 Å². The van der Waals surface area contributed by atoms with Crippen LogP contribution in [0.25, 0.3) is 0 Å². The Balaban J connectivity index is 3.62. The van der Waals surface area contributed by atoms with E-state index in [1.807, 2.05) is 0 Å². The van der Waals surface area contributed by atoms with Crippen LogP contribution < -0.4 is 5.32 Å². The summed E-state index contributed by atoms with van der Waals surface area (Å²) in [5, 5.41) is 3.47. The van der Waals surface area contributed by atoms with Gasteiger partial charge in [-0.1, -0.05) is 41.0 Å². The summed E-state index contributed by atoms with van der Waals surface area (Å²) in [5.74, 6) is 0.842. The number of likely N-dealkylation sites (N-methyl/N-ethyl adjacent to an activating group) is 1. The van der Waals surface area contributed by atoms with E-state index in [0.29, 0.717) is 6.04 Å². The molecule has 0 rings (SSSR count). The van der Waals surface area contributed by atoms with Crippen molar-refractivity contribution in [2.24, 2.45) is 5.92 Å². The highest BCUT2D eigenvalue weighted by Crippen LogP contribution is 2.06. The summed E-state index contributed by atoms with van der Waals surface area (Å²) in [6, 6.07) is 0.608. The highest BCUT2D eigenvalue weighted by molar-refractivity contribution is 4.63. The molecule has 0 saturated carbocycles. The largest absolute Gasteiger partial charge is 0.313 e. The van der Waals surface area contributed by atoms with Gasteiger partial charge >= 0.3 is 0 Å². The van der Waals surface area contributed by atoms with Gasteiger partial charge in [0.25, 0.3) is 0 Å². The third-order valence-corrected chi connectivity index (χ3v) is 2.78. The summed E-state index contributed by atoms with van der Waals surface area (Å²) >= 11 is 0. The minimum Gasteiger partial charge on any atom is -0.313 e. The molecule has 0 spiro atoms. The predicted molar refractivity (Wildman–Crippen MR) is 69.3 cm³/mol. The zero-order chi connectivity index (χ0) is 11.7. The van der Waals surface area contributed by atoms with Gasteiger partial charge in [-0.3, -0.25) is 0 Å². The Labute approximate surface area is 96.4 Å². The second kappa shape index (κ2) is 9.17. The van der Waals surface area contributed by atoms with Crippen molar-refractivity contribution >= 4 is 0 Å². The van der Waals surface area contributed by atoms with Crippen molar-refractivity contribution in [1.82, 2.24) is 10.2 Å². The third-order valence-electron chi connectivity index (χ3n) is 2.78. The van der Waals surface area contributed by atoms with Crippen LogP contribution in [0.3, 0.4) is 0 Å². The molecule has 2 nitrogen and oxygen atoms in total. The minimum atomic E-state index is 0.608. The van der Waals surface area contributed by atoms with Crippen LogP contribution >= 0.6 is 0 Å². The molecule has 1 unspecified atom stereocenters. The summed E-state index contributed by atoms with van der Waals surface area (Å²) in [7, 11) is 0. The Kier molecular flexibility index (Phi) is 9.12. The molecule has 92 valence electrons. The van der Waals surface area contributed by atoms with Crippen LogP contribution in [0.15, 0.2) is 0 Å². The average Bonchev–Trinajstić information content (AvgIpc) is 2.16. The van der Waals surface area contributed by atoms with E-state index >= 15 is 0 Å². The molecule has 1 N–H and O–H groups in total. The summed E-state index contributed by atoms with van der Waals surface area (Å²) in [6.45, 7) is 16.0. The van der Waals surface area contributed by atoms with Gasteiger partial charge in [-0.2, -0.15) is 0 Å². The van der Waals surface area contributed by atoms with Crippen LogP contribution in [-0.4, -0.2) is 37.1 Å². The van der Waals surface area contributed by atoms with Crippen LogP contribution in [0.5, 0.6) is 0 Å². The molecular weight excluding hydrogens is 184 g/mol. The van der Waals surface area contributed by atoms with Crippen molar-refractivity contribution in [2.75, 3.05) is 26.2 Å². The number of hydrogen-bond acceptors (Lipinski definition) is 2. The number of rotatable bonds is 9. The van der Waals surface area contributed by atoms with Gasteiger partial charge in [-0.15, -0.1) is 0 Å². The topological polar surface area (TPSA) is 15.3 Å². The van der Waals surface area contributed by atoms with Gasteiger partial charge < -0.3 is 10.2 Å². The van der Waals surface area contributed by atoms with Gasteiger partial charge in [-0.25, -0.2) is 0 Å². The summed E-state index contributed by atoms with van der Waals surface area (Å²) in [4.78, 5) is 2.55. The smallest absolute Gasteiger partial charge is 0.0107 e. The first kappa shape index (κ1) is 14.9. The fraction of sp³-hybridized carbons (Fsp3) is 1.00. The first-order valence-electron chi connectivity index (χ1n) is 6.55. The van der Waals surface area contributed by atoms with Crippen molar-refractivity contribution in [3.05, 3.63) is 0 Å². The monoisotopic (exact) mass is 214 g/mol. The Morgan fingerprint density at radius 3 is 2.27 bits per heavy atom. The van der Waals surface area contributed by atoms with Crippen molar-refractivity contribution < 1.29 is 0 Å². The number of nitrogens with one attached hydrogen (secondary N) is 1. The maximum atomic E-state index is 3.47. The highest BCUT2D eigenvalue weighted by Gasteiger charge is 2.07. The van der Waals surface area contributed by atoms with E-state index in [9.17, 15) is 0 Å². The fourth-order valence-electron chi connectivity index (χ4n) is 1.91. The molecule has 0 bridgehead atoms. The average molecular weight is 214 g/mol. The van der Waals surface area contributed by atoms with E-state index in [1.165, 1.54) is 32.5 Å². The normalized spacial score (nSPS) is 13.8. The SMILES string of the molecule is CCCC(C)CN(CC)CCNC(C)C. The summed E-state index contributed by atoms with van der Waals surface area (Å²) < 4.78 is 0. The molecule has 0 aromatic rings. The molecule has 0 radical (unpaired) electrons. The van der Waals surface area contributed by atoms with E-state index in [1.54, 1.807) is 0 Å². The van der Waals surface area contributed by atoms with E-state index in [4.69, 9.17) is 0 Å². The molecule has 0 aromatic heterocycles. The van der Waals surface area contributed by atoms with Crippen LogP contribution in [-0.2, 0) is 0 Å². The lowest BCUT2D eigenvalue weighted by atomic mass is 10.1. The van der Waals surface area contributed by atoms with Crippen molar-refractivity contribution in [2.45, 2.75) is 53.5 Å². The summed E-state index contributed by atoms with van der Waals surface area (Å²) in [5.41, 5.74) is 0. The van der Waals surface area contributed by atoms with E-state index in [-0.39, 0.29) is 0 Å². The maximum absolute atomic E-state index is 3.47. The van der Waals surface area contributed by atoms with Crippen molar-refractivity contribution in [3.8, 4) is 0 Å².